The second-order valence-electron chi connectivity index (χ2n) is 3.38. The first kappa shape index (κ1) is 10.7. The minimum Gasteiger partial charge on any atom is -0.493 e. The van der Waals surface area contributed by atoms with Crippen molar-refractivity contribution in [2.24, 2.45) is 0 Å². The van der Waals surface area contributed by atoms with E-state index in [0.29, 0.717) is 12.4 Å². The molecule has 1 N–H and O–H groups in total. The molecular formula is C12H12FN2O. The molecule has 0 aliphatic rings. The molecule has 1 heterocycles. The fourth-order valence-corrected chi connectivity index (χ4v) is 1.38. The molecule has 3 nitrogen and oxygen atoms in total. The maximum absolute atomic E-state index is 12.7. The summed E-state index contributed by atoms with van der Waals surface area (Å²) in [5, 5.41) is 0. The van der Waals surface area contributed by atoms with Crippen molar-refractivity contribution in [3.63, 3.8) is 0 Å². The van der Waals surface area contributed by atoms with Gasteiger partial charge >= 0.3 is 0 Å². The molecule has 0 amide bonds. The summed E-state index contributed by atoms with van der Waals surface area (Å²) in [5.74, 6) is 0.142. The molecule has 1 aromatic carbocycles. The van der Waals surface area contributed by atoms with Crippen LogP contribution < -0.4 is 4.74 Å². The number of H-pyrrole nitrogens is 1. The van der Waals surface area contributed by atoms with Crippen LogP contribution in [0.5, 0.6) is 5.75 Å². The molecule has 0 aliphatic carbocycles. The van der Waals surface area contributed by atoms with Crippen LogP contribution in [0.25, 0.3) is 0 Å². The van der Waals surface area contributed by atoms with E-state index >= 15 is 0 Å². The summed E-state index contributed by atoms with van der Waals surface area (Å²) >= 11 is 0. The van der Waals surface area contributed by atoms with Gasteiger partial charge in [-0.15, -0.1) is 0 Å². The number of ether oxygens (including phenoxy) is 1. The van der Waals surface area contributed by atoms with Gasteiger partial charge in [0.05, 0.1) is 18.6 Å². The summed E-state index contributed by atoms with van der Waals surface area (Å²) < 4.78 is 18.1. The third-order valence-corrected chi connectivity index (χ3v) is 2.14. The van der Waals surface area contributed by atoms with Gasteiger partial charge in [0.2, 0.25) is 0 Å². The van der Waals surface area contributed by atoms with Crippen molar-refractivity contribution in [1.82, 2.24) is 9.97 Å². The molecule has 0 aliphatic heterocycles. The SMILES string of the molecule is Fc1[c]ccc(OCCCc2c[nH]cn2)c1. The molecule has 1 radical (unpaired) electrons. The van der Waals surface area contributed by atoms with Crippen molar-refractivity contribution in [1.29, 1.82) is 0 Å². The summed E-state index contributed by atoms with van der Waals surface area (Å²) in [6, 6.07) is 6.96. The third-order valence-electron chi connectivity index (χ3n) is 2.14. The molecule has 0 bridgehead atoms. The zero-order valence-electron chi connectivity index (χ0n) is 8.74. The Kier molecular flexibility index (Phi) is 3.53. The predicted molar refractivity (Wildman–Crippen MR) is 57.6 cm³/mol. The zero-order chi connectivity index (χ0) is 11.2. The fourth-order valence-electron chi connectivity index (χ4n) is 1.38. The van der Waals surface area contributed by atoms with Crippen molar-refractivity contribution < 1.29 is 9.13 Å². The van der Waals surface area contributed by atoms with Crippen molar-refractivity contribution in [2.45, 2.75) is 12.8 Å². The first-order chi connectivity index (χ1) is 7.84. The van der Waals surface area contributed by atoms with E-state index in [9.17, 15) is 4.39 Å². The summed E-state index contributed by atoms with van der Waals surface area (Å²) in [6.45, 7) is 0.552. The van der Waals surface area contributed by atoms with Crippen molar-refractivity contribution >= 4 is 0 Å². The first-order valence-electron chi connectivity index (χ1n) is 5.12. The Hall–Kier alpha value is -1.84. The van der Waals surface area contributed by atoms with Crippen LogP contribution in [0.3, 0.4) is 0 Å². The number of nitrogens with zero attached hydrogens (tertiary/aromatic N) is 1. The van der Waals surface area contributed by atoms with E-state index in [2.05, 4.69) is 16.0 Å². The number of rotatable bonds is 5. The highest BCUT2D eigenvalue weighted by molar-refractivity contribution is 5.21. The maximum Gasteiger partial charge on any atom is 0.134 e. The fraction of sp³-hybridized carbons (Fsp3) is 0.250. The minimum absolute atomic E-state index is 0.398. The van der Waals surface area contributed by atoms with E-state index < -0.39 is 5.82 Å². The maximum atomic E-state index is 12.7. The van der Waals surface area contributed by atoms with Gasteiger partial charge in [0.1, 0.15) is 11.6 Å². The molecular weight excluding hydrogens is 207 g/mol. The van der Waals surface area contributed by atoms with Gasteiger partial charge in [-0.1, -0.05) is 0 Å². The largest absolute Gasteiger partial charge is 0.493 e. The molecule has 0 saturated carbocycles. The Morgan fingerprint density at radius 1 is 1.50 bits per heavy atom. The van der Waals surface area contributed by atoms with Crippen LogP contribution in [0.4, 0.5) is 4.39 Å². The summed E-state index contributed by atoms with van der Waals surface area (Å²) in [6.07, 6.45) is 5.21. The Labute approximate surface area is 93.3 Å². The lowest BCUT2D eigenvalue weighted by Crippen LogP contribution is -1.99. The van der Waals surface area contributed by atoms with Crippen LogP contribution in [0.1, 0.15) is 12.1 Å². The van der Waals surface area contributed by atoms with E-state index in [1.165, 1.54) is 12.1 Å². The second kappa shape index (κ2) is 5.30. The number of aromatic amines is 1. The predicted octanol–water partition coefficient (Wildman–Crippen LogP) is 2.36. The van der Waals surface area contributed by atoms with Crippen LogP contribution in [-0.2, 0) is 6.42 Å². The van der Waals surface area contributed by atoms with Gasteiger partial charge in [0.15, 0.2) is 0 Å². The summed E-state index contributed by atoms with van der Waals surface area (Å²) in [5.41, 5.74) is 1.01. The second-order valence-corrected chi connectivity index (χ2v) is 3.38. The number of hydrogen-bond donors (Lipinski definition) is 1. The minimum atomic E-state index is -0.398. The van der Waals surface area contributed by atoms with Gasteiger partial charge in [-0.2, -0.15) is 0 Å². The summed E-state index contributed by atoms with van der Waals surface area (Å²) in [7, 11) is 0. The van der Waals surface area contributed by atoms with Crippen LogP contribution in [0.2, 0.25) is 0 Å². The average Bonchev–Trinajstić information content (AvgIpc) is 2.77. The number of halogens is 1. The van der Waals surface area contributed by atoms with Crippen LogP contribution >= 0.6 is 0 Å². The lowest BCUT2D eigenvalue weighted by atomic mass is 10.2. The van der Waals surface area contributed by atoms with E-state index in [4.69, 9.17) is 4.74 Å². The van der Waals surface area contributed by atoms with Gasteiger partial charge in [-0.05, 0) is 25.0 Å². The standard InChI is InChI=1S/C12H12FN2O/c13-10-3-1-5-12(7-10)16-6-2-4-11-8-14-9-15-11/h1,5,7-9H,2,4,6H2,(H,14,15). The lowest BCUT2D eigenvalue weighted by Gasteiger charge is -2.04. The van der Waals surface area contributed by atoms with E-state index in [1.807, 2.05) is 6.20 Å². The van der Waals surface area contributed by atoms with Gasteiger partial charge < -0.3 is 9.72 Å². The average molecular weight is 219 g/mol. The van der Waals surface area contributed by atoms with E-state index in [1.54, 1.807) is 12.4 Å². The highest BCUT2D eigenvalue weighted by Crippen LogP contribution is 2.11. The number of benzene rings is 1. The van der Waals surface area contributed by atoms with Gasteiger partial charge in [-0.3, -0.25) is 0 Å². The molecule has 0 fully saturated rings. The highest BCUT2D eigenvalue weighted by atomic mass is 19.1. The Bertz CT molecular complexity index is 428. The molecule has 0 saturated heterocycles. The first-order valence-corrected chi connectivity index (χ1v) is 5.12. The number of imidazole rings is 1. The molecule has 2 aromatic rings. The molecule has 83 valence electrons. The Morgan fingerprint density at radius 2 is 2.44 bits per heavy atom. The molecule has 2 rings (SSSR count). The monoisotopic (exact) mass is 219 g/mol. The Morgan fingerprint density at radius 3 is 3.19 bits per heavy atom. The molecule has 0 spiro atoms. The Balaban J connectivity index is 1.72. The smallest absolute Gasteiger partial charge is 0.134 e. The lowest BCUT2D eigenvalue weighted by molar-refractivity contribution is 0.309. The van der Waals surface area contributed by atoms with Crippen molar-refractivity contribution in [3.05, 3.63) is 48.3 Å². The molecule has 16 heavy (non-hydrogen) atoms. The third kappa shape index (κ3) is 3.08. The van der Waals surface area contributed by atoms with E-state index in [-0.39, 0.29) is 0 Å². The topological polar surface area (TPSA) is 37.9 Å². The van der Waals surface area contributed by atoms with E-state index in [0.717, 1.165) is 18.5 Å². The molecule has 0 unspecified atom stereocenters. The molecule has 0 atom stereocenters. The van der Waals surface area contributed by atoms with Crippen molar-refractivity contribution in [3.8, 4) is 5.75 Å². The van der Waals surface area contributed by atoms with Crippen LogP contribution in [0, 0.1) is 11.9 Å². The number of aryl methyl sites for hydroxylation is 1. The zero-order valence-corrected chi connectivity index (χ0v) is 8.74. The van der Waals surface area contributed by atoms with Crippen molar-refractivity contribution in [2.75, 3.05) is 6.61 Å². The van der Waals surface area contributed by atoms with Gasteiger partial charge in [0.25, 0.3) is 0 Å². The number of hydrogen-bond acceptors (Lipinski definition) is 2. The number of nitrogens with one attached hydrogen (secondary N) is 1. The normalized spacial score (nSPS) is 10.3. The highest BCUT2D eigenvalue weighted by Gasteiger charge is 1.98. The summed E-state index contributed by atoms with van der Waals surface area (Å²) in [4.78, 5) is 6.99. The quantitative estimate of drug-likeness (QED) is 0.784. The number of aromatic nitrogens is 2. The molecule has 4 heteroatoms. The van der Waals surface area contributed by atoms with Gasteiger partial charge in [-0.25, -0.2) is 9.37 Å². The van der Waals surface area contributed by atoms with Crippen LogP contribution in [0.15, 0.2) is 30.7 Å². The van der Waals surface area contributed by atoms with Gasteiger partial charge in [0, 0.05) is 18.3 Å². The molecule has 1 aromatic heterocycles. The van der Waals surface area contributed by atoms with Crippen LogP contribution in [-0.4, -0.2) is 16.6 Å².